The van der Waals surface area contributed by atoms with Gasteiger partial charge >= 0.3 is 68.1 Å². The molecule has 0 saturated heterocycles. The molecule has 13 saturated carbocycles. The average Bonchev–Trinajstić information content (AvgIpc) is 1.70. The van der Waals surface area contributed by atoms with Gasteiger partial charge in [0.15, 0.2) is 32.1 Å². The Morgan fingerprint density at radius 3 is 1.42 bits per heavy atom. The van der Waals surface area contributed by atoms with Crippen LogP contribution in [-0.2, 0) is 114 Å². The molecule has 10 bridgehead atoms. The highest BCUT2D eigenvalue weighted by Crippen LogP contribution is 2.65. The summed E-state index contributed by atoms with van der Waals surface area (Å²) in [6.45, 7) is 2.00. The molecule has 0 heterocycles. The second kappa shape index (κ2) is 34.8. The largest absolute Gasteiger partial charge is 1.00 e. The van der Waals surface area contributed by atoms with Crippen LogP contribution in [0.4, 0.5) is 43.9 Å². The number of esters is 4. The summed E-state index contributed by atoms with van der Waals surface area (Å²) in [6, 6.07) is 4.31. The number of Topliss-reactive ketones (excluding diaryl/α,β-unsaturated/α-hetero) is 1. The SMILES string of the molecule is CC1(C)C2CCC1(CS(=O)(=O)O)C(=O)C2.CS(=O)(=O)NS(=O)(=O)C(F)(F)C(F)(F)C(F)(F)S(=O)(=O)Oc1ccc(C2CCCCC2)cc1.O=C(CC(C(=O)OC1CCCCC1)S(=O)(=O)O)OC1CCCCC1.O=C(OCC(F)(F)S(=O)(=O)[O-])C12CC3CC(CC(C3)C1)C2.O=C(OCC12CC3CC(CC(C3)C1)C2)C(F)(F)S(=O)(=O)[O-].[3H+].[3H+].[3H+].[3H+].[3H+]. The lowest BCUT2D eigenvalue weighted by Gasteiger charge is -2.56. The molecular formula is C68H100F10NO28S7+3. The van der Waals surface area contributed by atoms with Crippen molar-refractivity contribution in [3.63, 3.8) is 0 Å². The van der Waals surface area contributed by atoms with Gasteiger partial charge in [0.2, 0.25) is 10.0 Å². The summed E-state index contributed by atoms with van der Waals surface area (Å²) in [5, 5.41) is -25.2. The number of carbonyl (C=O) groups excluding carboxylic acids is 5. The molecule has 13 fully saturated rings. The van der Waals surface area contributed by atoms with E-state index in [9.17, 15) is 140 Å². The molecule has 13 aliphatic carbocycles. The number of hydrogen-bond acceptors (Lipinski definition) is 26. The van der Waals surface area contributed by atoms with Gasteiger partial charge in [-0.25, -0.2) is 38.5 Å². The third-order valence-corrected chi connectivity index (χ3v) is 32.4. The lowest BCUT2D eigenvalue weighted by molar-refractivity contribution is -0.245. The standard InChI is InChI=1S/C16H19F6NO7S3.C16H26O7S.2C13H18F2O5S.C10H16O4S/c1-31(24,25)23-32(26,27)15(19,20)14(17,18)16(21,22)33(28,29)30-13-9-7-12(8-10-13)11-5-3-2-4-6-11;17-15(22-12-7-3-1-4-8-12)11-14(24(19,20)21)16(18)23-13-9-5-2-6-10-13;14-13(15,21(17,18)19)7-20-11(16)12-4-8-1-9(5-12)3-10(2-8)6-12;14-13(15,21(17,18)19)11(16)20-7-12-4-8-1-9(5-12)3-10(2-8)6-12;1-9(2)7-3-4-10(9,8(11)5-7)6-15(12,13)14/h7-11,23H,2-6H2,1H3;12-14H,1-11H2,(H,19,20,21);2*8-10H,1-7H2,(H,17,18,19);7H,3-6H2,1-2H3,(H,12,13,14)/p+3/i/hT5. The Bertz CT molecular complexity index is 4480. The minimum absolute atomic E-state index is 0. The van der Waals surface area contributed by atoms with E-state index in [0.29, 0.717) is 86.0 Å². The zero-order chi connectivity index (χ0) is 85.5. The summed E-state index contributed by atoms with van der Waals surface area (Å²) in [6.07, 6.45) is 25.0. The maximum absolute atomic E-state index is 14.1. The van der Waals surface area contributed by atoms with E-state index in [4.69, 9.17) is 14.0 Å². The number of nitrogens with one attached hydrogen (secondary N) is 1. The van der Waals surface area contributed by atoms with Gasteiger partial charge < -0.3 is 32.2 Å². The fourth-order valence-electron chi connectivity index (χ4n) is 19.5. The quantitative estimate of drug-likeness (QED) is 0.0269. The number of hydrogen-bond donors (Lipinski definition) is 3. The van der Waals surface area contributed by atoms with Gasteiger partial charge in [-0.3, -0.25) is 28.3 Å². The summed E-state index contributed by atoms with van der Waals surface area (Å²) in [5.41, 5.74) is -1.46. The smallest absolute Gasteiger partial charge is 0.743 e. The van der Waals surface area contributed by atoms with Gasteiger partial charge in [0.25, 0.3) is 30.3 Å². The molecule has 654 valence electrons. The van der Waals surface area contributed by atoms with Crippen LogP contribution in [-0.4, -0.2) is 176 Å². The Hall–Kier alpha value is -4.68. The fraction of sp³-hybridized carbons (Fsp3) is 0.838. The highest BCUT2D eigenvalue weighted by molar-refractivity contribution is 8.05. The number of ketones is 1. The Morgan fingerprint density at radius 2 is 1.03 bits per heavy atom. The van der Waals surface area contributed by atoms with Gasteiger partial charge in [-0.05, 0) is 225 Å². The highest BCUT2D eigenvalue weighted by atomic mass is 32.3. The summed E-state index contributed by atoms with van der Waals surface area (Å²) in [7, 11) is -39.7. The molecule has 3 N–H and O–H groups in total. The Balaban J connectivity index is 0.000000388. The van der Waals surface area contributed by atoms with E-state index in [1.54, 1.807) is 0 Å². The summed E-state index contributed by atoms with van der Waals surface area (Å²) < 4.78 is 354. The number of alkyl halides is 10. The van der Waals surface area contributed by atoms with Gasteiger partial charge in [0.1, 0.15) is 23.7 Å². The molecule has 1 aromatic rings. The molecule has 0 aromatic heterocycles. The normalized spacial score (nSPS) is 29.0. The summed E-state index contributed by atoms with van der Waals surface area (Å²) >= 11 is 0. The molecule has 13 aliphatic rings. The van der Waals surface area contributed by atoms with Crippen LogP contribution in [0.2, 0.25) is 0 Å². The highest BCUT2D eigenvalue weighted by Gasteiger charge is 2.83. The van der Waals surface area contributed by atoms with E-state index < -0.39 is 162 Å². The molecule has 0 aliphatic heterocycles. The van der Waals surface area contributed by atoms with Gasteiger partial charge in [-0.2, -0.15) is 69.2 Å². The van der Waals surface area contributed by atoms with Crippen LogP contribution in [0.1, 0.15) is 232 Å². The van der Waals surface area contributed by atoms with Crippen molar-refractivity contribution >= 4 is 100 Å². The second-order valence-electron chi connectivity index (χ2n) is 33.3. The van der Waals surface area contributed by atoms with E-state index in [-0.39, 0.29) is 64.8 Å². The van der Waals surface area contributed by atoms with E-state index in [2.05, 4.69) is 13.7 Å². The Morgan fingerprint density at radius 1 is 0.588 bits per heavy atom. The van der Waals surface area contributed by atoms with Crippen molar-refractivity contribution in [3.8, 4) is 5.75 Å². The maximum atomic E-state index is 14.1. The number of halogens is 10. The van der Waals surface area contributed by atoms with Crippen LogP contribution < -0.4 is 8.31 Å². The zero-order valence-electron chi connectivity index (χ0n) is 67.3. The number of rotatable bonds is 25. The van der Waals surface area contributed by atoms with E-state index in [0.717, 1.165) is 160 Å². The average molecular weight is 1800 g/mol. The number of sulfonamides is 2. The molecule has 14 rings (SSSR count). The number of ether oxygens (including phenoxy) is 4. The molecule has 46 heteroatoms. The first-order chi connectivity index (χ1) is 52.0. The minimum Gasteiger partial charge on any atom is -0.743 e. The maximum Gasteiger partial charge on any atom is 1.00 e. The van der Waals surface area contributed by atoms with Gasteiger partial charge in [0.05, 0.1) is 35.9 Å². The fourth-order valence-corrected chi connectivity index (χ4v) is 25.4. The van der Waals surface area contributed by atoms with E-state index >= 15 is 0 Å². The van der Waals surface area contributed by atoms with Crippen LogP contribution in [0.3, 0.4) is 0 Å². The molecule has 0 radical (unpaired) electrons. The van der Waals surface area contributed by atoms with Crippen LogP contribution in [0.15, 0.2) is 24.3 Å². The van der Waals surface area contributed by atoms with Crippen LogP contribution in [0.25, 0.3) is 0 Å². The molecule has 1 aromatic carbocycles. The third kappa shape index (κ3) is 21.9. The van der Waals surface area contributed by atoms with Crippen molar-refractivity contribution in [1.29, 1.82) is 0 Å². The van der Waals surface area contributed by atoms with Crippen molar-refractivity contribution < 1.29 is 175 Å². The molecule has 0 amide bonds. The van der Waals surface area contributed by atoms with Crippen molar-refractivity contribution in [2.24, 2.45) is 63.1 Å². The Labute approximate surface area is 663 Å². The van der Waals surface area contributed by atoms with Gasteiger partial charge in [0, 0.05) is 11.8 Å². The van der Waals surface area contributed by atoms with Gasteiger partial charge in [-0.15, -0.1) is 4.13 Å². The first kappa shape index (κ1) is 94.8. The monoisotopic (exact) mass is 1800 g/mol. The predicted molar refractivity (Wildman–Crippen MR) is 382 cm³/mol. The van der Waals surface area contributed by atoms with Crippen molar-refractivity contribution in [2.45, 2.75) is 263 Å². The number of carbonyl (C=O) groups is 5. The summed E-state index contributed by atoms with van der Waals surface area (Å²) in [5.74, 6) is -9.93. The van der Waals surface area contributed by atoms with Crippen molar-refractivity contribution in [2.75, 3.05) is 25.2 Å². The second-order valence-corrected chi connectivity index (χ2v) is 44.6. The number of fused-ring (bicyclic) bond motifs is 2. The van der Waals surface area contributed by atoms with Crippen LogP contribution >= 0.6 is 0 Å². The molecule has 0 spiro atoms. The third-order valence-electron chi connectivity index (χ3n) is 24.5. The first-order valence-electron chi connectivity index (χ1n) is 37.3. The molecule has 114 heavy (non-hydrogen) atoms. The zero-order valence-corrected chi connectivity index (χ0v) is 68.1. The minimum atomic E-state index is -7.14. The van der Waals surface area contributed by atoms with Crippen molar-refractivity contribution in [3.05, 3.63) is 29.8 Å². The van der Waals surface area contributed by atoms with Crippen molar-refractivity contribution in [1.82, 2.24) is 4.13 Å². The van der Waals surface area contributed by atoms with E-state index in [1.807, 2.05) is 13.8 Å². The molecule has 29 nitrogen and oxygen atoms in total. The lowest BCUT2D eigenvalue weighted by atomic mass is 9.49. The Kier molecular flexibility index (Phi) is 28.9. The molecule has 3 unspecified atom stereocenters. The van der Waals surface area contributed by atoms with Crippen LogP contribution in [0, 0.1) is 63.1 Å². The van der Waals surface area contributed by atoms with E-state index in [1.165, 1.54) is 12.1 Å². The number of benzene rings is 1. The summed E-state index contributed by atoms with van der Waals surface area (Å²) in [4.78, 5) is 59.4. The topological polar surface area (TPSA) is 469 Å². The molecule has 3 atom stereocenters. The first-order valence-corrected chi connectivity index (χ1v) is 48.0. The van der Waals surface area contributed by atoms with Gasteiger partial charge in [-0.1, -0.05) is 58.1 Å². The predicted octanol–water partition coefficient (Wildman–Crippen LogP) is 11.1. The lowest BCUT2D eigenvalue weighted by Crippen LogP contribution is -2.63. The molecular weight excluding hydrogens is 1690 g/mol. The van der Waals surface area contributed by atoms with Crippen LogP contribution in [0.5, 0.6) is 5.75 Å².